The average molecular weight is 481 g/mol. The van der Waals surface area contributed by atoms with Crippen LogP contribution in [0.4, 0.5) is 4.79 Å². The molecule has 1 atom stereocenters. The summed E-state index contributed by atoms with van der Waals surface area (Å²) in [5.74, 6) is -0.689. The zero-order chi connectivity index (χ0) is 25.4. The van der Waals surface area contributed by atoms with Gasteiger partial charge >= 0.3 is 12.1 Å². The summed E-state index contributed by atoms with van der Waals surface area (Å²) < 4.78 is 5.65. The zero-order valence-electron chi connectivity index (χ0n) is 20.8. The van der Waals surface area contributed by atoms with Gasteiger partial charge in [-0.3, -0.25) is 9.59 Å². The normalized spacial score (nSPS) is 13.1. The molecule has 188 valence electrons. The fourth-order valence-electron chi connectivity index (χ4n) is 4.54. The minimum Gasteiger partial charge on any atom is -0.481 e. The third kappa shape index (κ3) is 7.07. The molecule has 3 rings (SSSR count). The first-order valence-electron chi connectivity index (χ1n) is 12.4. The van der Waals surface area contributed by atoms with Crippen molar-refractivity contribution in [2.24, 2.45) is 5.92 Å². The van der Waals surface area contributed by atoms with Crippen LogP contribution in [-0.2, 0) is 14.3 Å². The number of benzene rings is 2. The number of amides is 2. The Morgan fingerprint density at radius 3 is 2.14 bits per heavy atom. The first kappa shape index (κ1) is 26.3. The number of ether oxygens (including phenoxy) is 1. The number of aliphatic carboxylic acids is 1. The Balaban J connectivity index is 1.60. The molecular formula is C28H36N2O5. The Labute approximate surface area is 207 Å². The number of hydrogen-bond acceptors (Lipinski definition) is 4. The van der Waals surface area contributed by atoms with Crippen LogP contribution in [0.15, 0.2) is 48.5 Å². The number of carboxylic acids is 1. The Morgan fingerprint density at radius 1 is 0.971 bits per heavy atom. The van der Waals surface area contributed by atoms with Gasteiger partial charge in [0.1, 0.15) is 12.6 Å². The van der Waals surface area contributed by atoms with E-state index in [9.17, 15) is 14.4 Å². The monoisotopic (exact) mass is 480 g/mol. The predicted molar refractivity (Wildman–Crippen MR) is 135 cm³/mol. The van der Waals surface area contributed by atoms with Gasteiger partial charge in [0.05, 0.1) is 0 Å². The smallest absolute Gasteiger partial charge is 0.407 e. The van der Waals surface area contributed by atoms with E-state index >= 15 is 0 Å². The first-order valence-corrected chi connectivity index (χ1v) is 12.4. The fourth-order valence-corrected chi connectivity index (χ4v) is 4.54. The SMILES string of the molecule is CC(C)CCC(NC(=O)OCC1c2ccccc2-c2ccccc21)C(=O)N(C)CCCCC(=O)O. The van der Waals surface area contributed by atoms with Gasteiger partial charge in [-0.05, 0) is 53.9 Å². The molecule has 35 heavy (non-hydrogen) atoms. The van der Waals surface area contributed by atoms with E-state index in [4.69, 9.17) is 9.84 Å². The third-order valence-corrected chi connectivity index (χ3v) is 6.48. The van der Waals surface area contributed by atoms with Gasteiger partial charge in [-0.1, -0.05) is 62.4 Å². The molecule has 0 fully saturated rings. The quantitative estimate of drug-likeness (QED) is 0.415. The van der Waals surface area contributed by atoms with Crippen molar-refractivity contribution >= 4 is 18.0 Å². The molecular weight excluding hydrogens is 444 g/mol. The number of carbonyl (C=O) groups is 3. The van der Waals surface area contributed by atoms with E-state index in [-0.39, 0.29) is 24.9 Å². The van der Waals surface area contributed by atoms with E-state index in [1.807, 2.05) is 24.3 Å². The van der Waals surface area contributed by atoms with Crippen LogP contribution >= 0.6 is 0 Å². The lowest BCUT2D eigenvalue weighted by Gasteiger charge is -2.25. The minimum absolute atomic E-state index is 0.0464. The molecule has 0 aliphatic heterocycles. The zero-order valence-corrected chi connectivity index (χ0v) is 20.8. The van der Waals surface area contributed by atoms with E-state index in [0.717, 1.165) is 28.7 Å². The number of nitrogens with one attached hydrogen (secondary N) is 1. The van der Waals surface area contributed by atoms with Crippen molar-refractivity contribution in [2.45, 2.75) is 57.9 Å². The Bertz CT molecular complexity index is 990. The van der Waals surface area contributed by atoms with Gasteiger partial charge in [0, 0.05) is 25.9 Å². The highest BCUT2D eigenvalue weighted by Gasteiger charge is 2.30. The molecule has 7 nitrogen and oxygen atoms in total. The number of fused-ring (bicyclic) bond motifs is 3. The molecule has 1 aliphatic carbocycles. The maximum Gasteiger partial charge on any atom is 0.407 e. The molecule has 7 heteroatoms. The number of alkyl carbamates (subject to hydrolysis) is 1. The number of rotatable bonds is 12. The van der Waals surface area contributed by atoms with Gasteiger partial charge < -0.3 is 20.1 Å². The molecule has 2 amide bonds. The topological polar surface area (TPSA) is 95.9 Å². The van der Waals surface area contributed by atoms with E-state index in [1.165, 1.54) is 0 Å². The summed E-state index contributed by atoms with van der Waals surface area (Å²) in [5, 5.41) is 11.6. The highest BCUT2D eigenvalue weighted by atomic mass is 16.5. The van der Waals surface area contributed by atoms with Crippen molar-refractivity contribution < 1.29 is 24.2 Å². The van der Waals surface area contributed by atoms with Crippen molar-refractivity contribution in [1.82, 2.24) is 10.2 Å². The molecule has 1 aliphatic rings. The molecule has 1 unspecified atom stereocenters. The lowest BCUT2D eigenvalue weighted by molar-refractivity contribution is -0.137. The van der Waals surface area contributed by atoms with Gasteiger partial charge in [0.15, 0.2) is 0 Å². The van der Waals surface area contributed by atoms with Gasteiger partial charge in [0.25, 0.3) is 0 Å². The Hall–Kier alpha value is -3.35. The highest BCUT2D eigenvalue weighted by Crippen LogP contribution is 2.44. The van der Waals surface area contributed by atoms with Crippen LogP contribution in [0.1, 0.15) is 63.0 Å². The van der Waals surface area contributed by atoms with E-state index in [1.54, 1.807) is 11.9 Å². The summed E-state index contributed by atoms with van der Waals surface area (Å²) in [5.41, 5.74) is 4.59. The van der Waals surface area contributed by atoms with Gasteiger partial charge in [-0.15, -0.1) is 0 Å². The predicted octanol–water partition coefficient (Wildman–Crippen LogP) is 5.04. The number of nitrogens with zero attached hydrogens (tertiary/aromatic N) is 1. The number of likely N-dealkylation sites (N-methyl/N-ethyl adjacent to an activating group) is 1. The van der Waals surface area contributed by atoms with Crippen LogP contribution in [0.5, 0.6) is 0 Å². The molecule has 0 saturated heterocycles. The number of carboxylic acid groups (broad SMARTS) is 1. The summed E-state index contributed by atoms with van der Waals surface area (Å²) >= 11 is 0. The van der Waals surface area contributed by atoms with Gasteiger partial charge in [-0.25, -0.2) is 4.79 Å². The van der Waals surface area contributed by atoms with E-state index in [0.29, 0.717) is 31.7 Å². The van der Waals surface area contributed by atoms with Crippen LogP contribution in [-0.4, -0.2) is 54.2 Å². The van der Waals surface area contributed by atoms with Crippen molar-refractivity contribution in [3.05, 3.63) is 59.7 Å². The minimum atomic E-state index is -0.842. The van der Waals surface area contributed by atoms with Crippen LogP contribution in [0.3, 0.4) is 0 Å². The summed E-state index contributed by atoms with van der Waals surface area (Å²) in [6.07, 6.45) is 1.87. The van der Waals surface area contributed by atoms with Crippen LogP contribution in [0, 0.1) is 5.92 Å². The summed E-state index contributed by atoms with van der Waals surface area (Å²) in [6, 6.07) is 15.6. The number of unbranched alkanes of at least 4 members (excludes halogenated alkanes) is 1. The van der Waals surface area contributed by atoms with Gasteiger partial charge in [-0.2, -0.15) is 0 Å². The van der Waals surface area contributed by atoms with Crippen LogP contribution in [0.25, 0.3) is 11.1 Å². The second-order valence-corrected chi connectivity index (χ2v) is 9.60. The van der Waals surface area contributed by atoms with Crippen molar-refractivity contribution in [3.63, 3.8) is 0 Å². The second kappa shape index (κ2) is 12.4. The van der Waals surface area contributed by atoms with Crippen molar-refractivity contribution in [1.29, 1.82) is 0 Å². The second-order valence-electron chi connectivity index (χ2n) is 9.60. The molecule has 2 aromatic rings. The molecule has 0 aromatic heterocycles. The average Bonchev–Trinajstić information content (AvgIpc) is 3.16. The number of carbonyl (C=O) groups excluding carboxylic acids is 2. The van der Waals surface area contributed by atoms with E-state index in [2.05, 4.69) is 43.4 Å². The first-order chi connectivity index (χ1) is 16.8. The number of hydrogen-bond donors (Lipinski definition) is 2. The summed E-state index contributed by atoms with van der Waals surface area (Å²) in [4.78, 5) is 38.1. The van der Waals surface area contributed by atoms with Gasteiger partial charge in [0.2, 0.25) is 5.91 Å². The van der Waals surface area contributed by atoms with E-state index < -0.39 is 18.1 Å². The highest BCUT2D eigenvalue weighted by molar-refractivity contribution is 5.85. The largest absolute Gasteiger partial charge is 0.481 e. The lowest BCUT2D eigenvalue weighted by atomic mass is 9.98. The third-order valence-electron chi connectivity index (χ3n) is 6.48. The molecule has 0 heterocycles. The van der Waals surface area contributed by atoms with Crippen LogP contribution in [0.2, 0.25) is 0 Å². The van der Waals surface area contributed by atoms with Crippen molar-refractivity contribution in [2.75, 3.05) is 20.2 Å². The lowest BCUT2D eigenvalue weighted by Crippen LogP contribution is -2.48. The fraction of sp³-hybridized carbons (Fsp3) is 0.464. The molecule has 0 saturated carbocycles. The van der Waals surface area contributed by atoms with Crippen LogP contribution < -0.4 is 5.32 Å². The molecule has 0 radical (unpaired) electrons. The molecule has 2 aromatic carbocycles. The molecule has 0 spiro atoms. The maximum atomic E-state index is 13.0. The molecule has 2 N–H and O–H groups in total. The van der Waals surface area contributed by atoms with Crippen molar-refractivity contribution in [3.8, 4) is 11.1 Å². The summed E-state index contributed by atoms with van der Waals surface area (Å²) in [6.45, 7) is 4.78. The molecule has 0 bridgehead atoms. The Kier molecular flexibility index (Phi) is 9.29. The summed E-state index contributed by atoms with van der Waals surface area (Å²) in [7, 11) is 1.69. The standard InChI is InChI=1S/C28H36N2O5/c1-19(2)15-16-25(27(33)30(3)17-9-8-14-26(31)32)29-28(34)35-18-24-22-12-6-4-10-20(22)21-11-5-7-13-23(21)24/h4-7,10-13,19,24-25H,8-9,14-18H2,1-3H3,(H,29,34)(H,31,32). The maximum absolute atomic E-state index is 13.0. The Morgan fingerprint density at radius 2 is 1.57 bits per heavy atom.